The minimum Gasteiger partial charge on any atom is -0.244 e. The van der Waals surface area contributed by atoms with Crippen LogP contribution in [0.1, 0.15) is 5.69 Å². The van der Waals surface area contributed by atoms with E-state index in [1.807, 2.05) is 19.2 Å². The van der Waals surface area contributed by atoms with Crippen LogP contribution in [0.2, 0.25) is 0 Å². The molecule has 2 rings (SSSR count). The predicted octanol–water partition coefficient (Wildman–Crippen LogP) is 1.58. The third-order valence-electron chi connectivity index (χ3n) is 1.59. The number of aromatic nitrogens is 4. The van der Waals surface area contributed by atoms with Crippen molar-refractivity contribution in [3.63, 3.8) is 0 Å². The lowest BCUT2D eigenvalue weighted by molar-refractivity contribution is 0.819. The first-order valence-electron chi connectivity index (χ1n) is 3.75. The molecule has 66 valence electrons. The monoisotopic (exact) mass is 286 g/mol. The quantitative estimate of drug-likeness (QED) is 0.747. The maximum absolute atomic E-state index is 4.26. The van der Waals surface area contributed by atoms with Gasteiger partial charge >= 0.3 is 0 Å². The largest absolute Gasteiger partial charge is 0.244 e. The Hall–Kier alpha value is -0.980. The molecule has 0 unspecified atom stereocenters. The van der Waals surface area contributed by atoms with Gasteiger partial charge in [0.25, 0.3) is 0 Å². The molecule has 0 radical (unpaired) electrons. The Labute approximate surface area is 89.2 Å². The van der Waals surface area contributed by atoms with E-state index in [9.17, 15) is 0 Å². The van der Waals surface area contributed by atoms with Crippen LogP contribution in [-0.4, -0.2) is 19.7 Å². The van der Waals surface area contributed by atoms with E-state index in [1.54, 1.807) is 10.9 Å². The Morgan fingerprint density at radius 1 is 1.46 bits per heavy atom. The number of rotatable bonds is 1. The molecular weight excluding hydrogens is 279 g/mol. The van der Waals surface area contributed by atoms with Crippen LogP contribution in [0, 0.1) is 10.5 Å². The number of nitrogens with zero attached hydrogens (tertiary/aromatic N) is 4. The van der Waals surface area contributed by atoms with E-state index in [1.165, 1.54) is 6.33 Å². The van der Waals surface area contributed by atoms with Gasteiger partial charge in [0.15, 0.2) is 5.82 Å². The smallest absolute Gasteiger partial charge is 0.169 e. The highest BCUT2D eigenvalue weighted by atomic mass is 127. The van der Waals surface area contributed by atoms with Gasteiger partial charge in [-0.25, -0.2) is 14.6 Å². The van der Waals surface area contributed by atoms with Crippen LogP contribution in [0.25, 0.3) is 5.82 Å². The van der Waals surface area contributed by atoms with E-state index < -0.39 is 0 Å². The first-order valence-corrected chi connectivity index (χ1v) is 4.83. The molecule has 0 saturated carbocycles. The molecule has 4 nitrogen and oxygen atoms in total. The summed E-state index contributed by atoms with van der Waals surface area (Å²) in [6, 6.07) is 1.94. The fourth-order valence-corrected chi connectivity index (χ4v) is 1.56. The van der Waals surface area contributed by atoms with Crippen LogP contribution in [-0.2, 0) is 0 Å². The van der Waals surface area contributed by atoms with Gasteiger partial charge in [-0.1, -0.05) is 0 Å². The normalized spacial score (nSPS) is 10.3. The third-order valence-corrected chi connectivity index (χ3v) is 2.35. The zero-order valence-corrected chi connectivity index (χ0v) is 9.13. The summed E-state index contributed by atoms with van der Waals surface area (Å²) in [6.07, 6.45) is 5.17. The van der Waals surface area contributed by atoms with E-state index in [2.05, 4.69) is 37.7 Å². The lowest BCUT2D eigenvalue weighted by Crippen LogP contribution is -2.01. The van der Waals surface area contributed by atoms with Crippen LogP contribution in [0.5, 0.6) is 0 Å². The van der Waals surface area contributed by atoms with Gasteiger partial charge in [0.05, 0.1) is 9.26 Å². The number of halogens is 1. The highest BCUT2D eigenvalue weighted by molar-refractivity contribution is 14.1. The molecule has 0 spiro atoms. The van der Waals surface area contributed by atoms with Crippen molar-refractivity contribution in [2.45, 2.75) is 6.92 Å². The van der Waals surface area contributed by atoms with Gasteiger partial charge in [-0.3, -0.25) is 0 Å². The highest BCUT2D eigenvalue weighted by Gasteiger charge is 2.03. The second kappa shape index (κ2) is 3.41. The molecule has 0 aliphatic heterocycles. The molecule has 5 heteroatoms. The summed E-state index contributed by atoms with van der Waals surface area (Å²) in [5.41, 5.74) is 0.981. The Kier molecular flexibility index (Phi) is 2.26. The fraction of sp³-hybridized carbons (Fsp3) is 0.125. The Balaban J connectivity index is 2.52. The first-order chi connectivity index (χ1) is 6.27. The average Bonchev–Trinajstić information content (AvgIpc) is 2.53. The van der Waals surface area contributed by atoms with Crippen molar-refractivity contribution in [2.24, 2.45) is 0 Å². The lowest BCUT2D eigenvalue weighted by atomic mass is 10.5. The summed E-state index contributed by atoms with van der Waals surface area (Å²) >= 11 is 2.19. The zero-order chi connectivity index (χ0) is 9.26. The van der Waals surface area contributed by atoms with Gasteiger partial charge in [0.1, 0.15) is 6.33 Å². The van der Waals surface area contributed by atoms with E-state index in [0.717, 1.165) is 15.1 Å². The molecule has 0 atom stereocenters. The molecule has 0 aliphatic carbocycles. The van der Waals surface area contributed by atoms with E-state index >= 15 is 0 Å². The van der Waals surface area contributed by atoms with Crippen LogP contribution in [0.3, 0.4) is 0 Å². The predicted molar refractivity (Wildman–Crippen MR) is 56.6 cm³/mol. The summed E-state index contributed by atoms with van der Waals surface area (Å²) in [6.45, 7) is 1.95. The summed E-state index contributed by atoms with van der Waals surface area (Å²) in [5.74, 6) is 0.823. The van der Waals surface area contributed by atoms with Crippen molar-refractivity contribution < 1.29 is 0 Å². The molecular formula is C8H7IN4. The van der Waals surface area contributed by atoms with E-state index in [4.69, 9.17) is 0 Å². The standard InChI is InChI=1S/C8H7IN4/c1-6-2-3-13(12-6)8-7(9)4-10-5-11-8/h2-5H,1H3. The van der Waals surface area contributed by atoms with Gasteiger partial charge in [-0.2, -0.15) is 5.10 Å². The van der Waals surface area contributed by atoms with Crippen molar-refractivity contribution in [3.8, 4) is 5.82 Å². The van der Waals surface area contributed by atoms with Crippen LogP contribution in [0.15, 0.2) is 24.8 Å². The molecule has 0 fully saturated rings. The zero-order valence-electron chi connectivity index (χ0n) is 6.98. The second-order valence-corrected chi connectivity index (χ2v) is 3.76. The van der Waals surface area contributed by atoms with Crippen molar-refractivity contribution in [2.75, 3.05) is 0 Å². The number of aryl methyl sites for hydroxylation is 1. The van der Waals surface area contributed by atoms with Gasteiger partial charge in [-0.05, 0) is 35.6 Å². The molecule has 0 saturated heterocycles. The summed E-state index contributed by atoms with van der Waals surface area (Å²) in [4.78, 5) is 8.06. The molecule has 0 N–H and O–H groups in total. The van der Waals surface area contributed by atoms with Gasteiger partial charge in [0, 0.05) is 12.4 Å². The van der Waals surface area contributed by atoms with Crippen LogP contribution < -0.4 is 0 Å². The Morgan fingerprint density at radius 2 is 2.31 bits per heavy atom. The summed E-state index contributed by atoms with van der Waals surface area (Å²) in [7, 11) is 0. The minimum atomic E-state index is 0.823. The summed E-state index contributed by atoms with van der Waals surface area (Å²) < 4.78 is 2.74. The second-order valence-electron chi connectivity index (χ2n) is 2.60. The van der Waals surface area contributed by atoms with Crippen molar-refractivity contribution >= 4 is 22.6 Å². The highest BCUT2D eigenvalue weighted by Crippen LogP contribution is 2.11. The Bertz CT molecular complexity index is 424. The number of hydrogen-bond acceptors (Lipinski definition) is 3. The van der Waals surface area contributed by atoms with Crippen LogP contribution in [0.4, 0.5) is 0 Å². The lowest BCUT2D eigenvalue weighted by Gasteiger charge is -2.00. The molecule has 2 aromatic rings. The van der Waals surface area contributed by atoms with E-state index in [0.29, 0.717) is 0 Å². The topological polar surface area (TPSA) is 43.6 Å². The Morgan fingerprint density at radius 3 is 2.92 bits per heavy atom. The van der Waals surface area contributed by atoms with Crippen LogP contribution >= 0.6 is 22.6 Å². The van der Waals surface area contributed by atoms with E-state index in [-0.39, 0.29) is 0 Å². The van der Waals surface area contributed by atoms with Crippen molar-refractivity contribution in [1.82, 2.24) is 19.7 Å². The van der Waals surface area contributed by atoms with Crippen molar-refractivity contribution in [1.29, 1.82) is 0 Å². The minimum absolute atomic E-state index is 0.823. The first kappa shape index (κ1) is 8.61. The maximum atomic E-state index is 4.26. The van der Waals surface area contributed by atoms with Gasteiger partial charge < -0.3 is 0 Å². The molecule has 0 aromatic carbocycles. The summed E-state index contributed by atoms with van der Waals surface area (Å²) in [5, 5.41) is 4.26. The maximum Gasteiger partial charge on any atom is 0.169 e. The number of hydrogen-bond donors (Lipinski definition) is 0. The SMILES string of the molecule is Cc1ccn(-c2ncncc2I)n1. The molecule has 0 bridgehead atoms. The third kappa shape index (κ3) is 1.69. The van der Waals surface area contributed by atoms with Gasteiger partial charge in [0.2, 0.25) is 0 Å². The average molecular weight is 286 g/mol. The fourth-order valence-electron chi connectivity index (χ4n) is 1.01. The van der Waals surface area contributed by atoms with Crippen molar-refractivity contribution in [3.05, 3.63) is 34.1 Å². The molecule has 0 aliphatic rings. The molecule has 2 aromatic heterocycles. The van der Waals surface area contributed by atoms with Gasteiger partial charge in [-0.15, -0.1) is 0 Å². The molecule has 0 amide bonds. The molecule has 13 heavy (non-hydrogen) atoms. The molecule has 2 heterocycles.